The summed E-state index contributed by atoms with van der Waals surface area (Å²) in [7, 11) is -4.12. The second-order valence-corrected chi connectivity index (χ2v) is 5.49. The van der Waals surface area contributed by atoms with Crippen molar-refractivity contribution in [3.05, 3.63) is 47.6 Å². The lowest BCUT2D eigenvalue weighted by molar-refractivity contribution is 0.0696. The van der Waals surface area contributed by atoms with Crippen LogP contribution in [0.25, 0.3) is 0 Å². The fourth-order valence-electron chi connectivity index (χ4n) is 1.43. The van der Waals surface area contributed by atoms with Crippen LogP contribution in [-0.2, 0) is 16.6 Å². The van der Waals surface area contributed by atoms with Crippen molar-refractivity contribution in [2.45, 2.75) is 11.4 Å². The molecule has 0 radical (unpaired) electrons. The van der Waals surface area contributed by atoms with Crippen molar-refractivity contribution in [1.82, 2.24) is 9.88 Å². The number of aromatic carboxylic acids is 1. The molecule has 20 heavy (non-hydrogen) atoms. The highest BCUT2D eigenvalue weighted by Gasteiger charge is 2.20. The standard InChI is InChI=1S/C11H9FN2O5S/c12-9-5-7(11(15)16)1-2-10(9)20(17,18)14-6-8-3-4-13-19-8/h1-5,14H,6H2,(H,15,16). The van der Waals surface area contributed by atoms with Crippen LogP contribution in [0.2, 0.25) is 0 Å². The van der Waals surface area contributed by atoms with Crippen LogP contribution in [0.3, 0.4) is 0 Å². The monoisotopic (exact) mass is 300 g/mol. The van der Waals surface area contributed by atoms with Crippen LogP contribution in [0.15, 0.2) is 39.9 Å². The number of carboxylic acid groups (broad SMARTS) is 1. The summed E-state index contributed by atoms with van der Waals surface area (Å²) in [6.45, 7) is -0.192. The Morgan fingerprint density at radius 2 is 2.15 bits per heavy atom. The number of aromatic nitrogens is 1. The molecule has 0 fully saturated rings. The average Bonchev–Trinajstić information content (AvgIpc) is 2.89. The minimum absolute atomic E-state index is 0.192. The number of carbonyl (C=O) groups is 1. The molecule has 9 heteroatoms. The summed E-state index contributed by atoms with van der Waals surface area (Å²) in [6, 6.07) is 3.99. The molecule has 0 aliphatic rings. The molecule has 0 spiro atoms. The first-order valence-electron chi connectivity index (χ1n) is 5.32. The van der Waals surface area contributed by atoms with E-state index in [1.165, 1.54) is 12.3 Å². The number of carboxylic acids is 1. The van der Waals surface area contributed by atoms with Gasteiger partial charge < -0.3 is 9.63 Å². The molecule has 0 unspecified atom stereocenters. The Bertz CT molecular complexity index is 727. The highest BCUT2D eigenvalue weighted by Crippen LogP contribution is 2.16. The Morgan fingerprint density at radius 3 is 2.70 bits per heavy atom. The Morgan fingerprint density at radius 1 is 1.40 bits per heavy atom. The summed E-state index contributed by atoms with van der Waals surface area (Å²) in [5.74, 6) is -2.23. The molecule has 0 saturated heterocycles. The number of rotatable bonds is 5. The second-order valence-electron chi connectivity index (χ2n) is 3.75. The Balaban J connectivity index is 2.23. The van der Waals surface area contributed by atoms with Crippen LogP contribution >= 0.6 is 0 Å². The molecular formula is C11H9FN2O5S. The smallest absolute Gasteiger partial charge is 0.335 e. The summed E-state index contributed by atoms with van der Waals surface area (Å²) in [5, 5.41) is 12.1. The van der Waals surface area contributed by atoms with Gasteiger partial charge in [-0.25, -0.2) is 22.3 Å². The third kappa shape index (κ3) is 3.00. The van der Waals surface area contributed by atoms with Crippen LogP contribution in [0.4, 0.5) is 4.39 Å². The van der Waals surface area contributed by atoms with E-state index in [2.05, 4.69) is 9.88 Å². The number of nitrogens with one attached hydrogen (secondary N) is 1. The van der Waals surface area contributed by atoms with E-state index < -0.39 is 26.7 Å². The molecule has 1 aromatic heterocycles. The fraction of sp³-hybridized carbons (Fsp3) is 0.0909. The molecule has 0 atom stereocenters. The summed E-state index contributed by atoms with van der Waals surface area (Å²) < 4.78 is 44.2. The lowest BCUT2D eigenvalue weighted by Gasteiger charge is -2.06. The number of hydrogen-bond acceptors (Lipinski definition) is 5. The summed E-state index contributed by atoms with van der Waals surface area (Å²) >= 11 is 0. The average molecular weight is 300 g/mol. The fourth-order valence-corrected chi connectivity index (χ4v) is 2.48. The van der Waals surface area contributed by atoms with Crippen molar-refractivity contribution in [2.75, 3.05) is 0 Å². The van der Waals surface area contributed by atoms with Gasteiger partial charge in [-0.1, -0.05) is 5.16 Å². The molecule has 0 saturated carbocycles. The van der Waals surface area contributed by atoms with Gasteiger partial charge in [0.05, 0.1) is 18.3 Å². The maximum atomic E-state index is 13.7. The molecule has 0 bridgehead atoms. The van der Waals surface area contributed by atoms with Gasteiger partial charge in [0.15, 0.2) is 5.76 Å². The summed E-state index contributed by atoms with van der Waals surface area (Å²) in [4.78, 5) is 10.0. The van der Waals surface area contributed by atoms with Gasteiger partial charge in [-0.05, 0) is 18.2 Å². The molecule has 0 aliphatic carbocycles. The van der Waals surface area contributed by atoms with Crippen LogP contribution in [-0.4, -0.2) is 24.7 Å². The van der Waals surface area contributed by atoms with Gasteiger partial charge >= 0.3 is 5.97 Å². The van der Waals surface area contributed by atoms with E-state index in [-0.39, 0.29) is 17.9 Å². The number of benzene rings is 1. The third-order valence-electron chi connectivity index (χ3n) is 2.40. The first-order valence-corrected chi connectivity index (χ1v) is 6.80. The number of halogens is 1. The molecule has 2 aromatic rings. The van der Waals surface area contributed by atoms with E-state index in [0.29, 0.717) is 6.07 Å². The number of sulfonamides is 1. The predicted octanol–water partition coefficient (Wildman–Crippen LogP) is 0.990. The molecule has 106 valence electrons. The SMILES string of the molecule is O=C(O)c1ccc(S(=O)(=O)NCc2ccno2)c(F)c1. The molecule has 1 aromatic carbocycles. The zero-order chi connectivity index (χ0) is 14.8. The van der Waals surface area contributed by atoms with Gasteiger partial charge in [-0.2, -0.15) is 0 Å². The van der Waals surface area contributed by atoms with Crippen LogP contribution in [0, 0.1) is 5.82 Å². The van der Waals surface area contributed by atoms with E-state index >= 15 is 0 Å². The summed E-state index contributed by atoms with van der Waals surface area (Å²) in [5.41, 5.74) is -0.336. The Kier molecular flexibility index (Phi) is 3.81. The number of hydrogen-bond donors (Lipinski definition) is 2. The summed E-state index contributed by atoms with van der Waals surface area (Å²) in [6.07, 6.45) is 1.34. The van der Waals surface area contributed by atoms with E-state index in [0.717, 1.165) is 12.1 Å². The van der Waals surface area contributed by atoms with Crippen molar-refractivity contribution >= 4 is 16.0 Å². The topological polar surface area (TPSA) is 110 Å². The third-order valence-corrected chi connectivity index (χ3v) is 3.83. The largest absolute Gasteiger partial charge is 0.478 e. The minimum Gasteiger partial charge on any atom is -0.478 e. The normalized spacial score (nSPS) is 11.4. The zero-order valence-corrected chi connectivity index (χ0v) is 10.7. The van der Waals surface area contributed by atoms with Gasteiger partial charge in [0.25, 0.3) is 0 Å². The molecule has 2 N–H and O–H groups in total. The molecule has 7 nitrogen and oxygen atoms in total. The first-order chi connectivity index (χ1) is 9.40. The second kappa shape index (κ2) is 5.39. The van der Waals surface area contributed by atoms with Crippen LogP contribution in [0.5, 0.6) is 0 Å². The van der Waals surface area contributed by atoms with Crippen molar-refractivity contribution < 1.29 is 27.2 Å². The van der Waals surface area contributed by atoms with Crippen molar-refractivity contribution in [3.63, 3.8) is 0 Å². The van der Waals surface area contributed by atoms with Gasteiger partial charge in [-0.3, -0.25) is 0 Å². The van der Waals surface area contributed by atoms with E-state index in [1.54, 1.807) is 0 Å². The van der Waals surface area contributed by atoms with Crippen molar-refractivity contribution in [3.8, 4) is 0 Å². The predicted molar refractivity (Wildman–Crippen MR) is 63.9 cm³/mol. The number of nitrogens with zero attached hydrogens (tertiary/aromatic N) is 1. The molecule has 2 rings (SSSR count). The first kappa shape index (κ1) is 14.2. The maximum absolute atomic E-state index is 13.7. The van der Waals surface area contributed by atoms with Crippen molar-refractivity contribution in [2.24, 2.45) is 0 Å². The lowest BCUT2D eigenvalue weighted by atomic mass is 10.2. The van der Waals surface area contributed by atoms with Crippen molar-refractivity contribution in [1.29, 1.82) is 0 Å². The van der Waals surface area contributed by atoms with E-state index in [9.17, 15) is 17.6 Å². The Labute approximate surface area is 113 Å². The molecule has 1 heterocycles. The van der Waals surface area contributed by atoms with E-state index in [1.807, 2.05) is 0 Å². The Hall–Kier alpha value is -2.26. The molecular weight excluding hydrogens is 291 g/mol. The highest BCUT2D eigenvalue weighted by atomic mass is 32.2. The van der Waals surface area contributed by atoms with E-state index in [4.69, 9.17) is 9.63 Å². The highest BCUT2D eigenvalue weighted by molar-refractivity contribution is 7.89. The van der Waals surface area contributed by atoms with Crippen LogP contribution < -0.4 is 4.72 Å². The quantitative estimate of drug-likeness (QED) is 0.852. The molecule has 0 amide bonds. The minimum atomic E-state index is -4.12. The van der Waals surface area contributed by atoms with Gasteiger partial charge in [0.2, 0.25) is 10.0 Å². The van der Waals surface area contributed by atoms with Crippen LogP contribution in [0.1, 0.15) is 16.1 Å². The lowest BCUT2D eigenvalue weighted by Crippen LogP contribution is -2.24. The maximum Gasteiger partial charge on any atom is 0.335 e. The van der Waals surface area contributed by atoms with Gasteiger partial charge in [0.1, 0.15) is 10.7 Å². The van der Waals surface area contributed by atoms with Gasteiger partial charge in [0, 0.05) is 6.07 Å². The zero-order valence-electron chi connectivity index (χ0n) is 9.91. The molecule has 0 aliphatic heterocycles. The van der Waals surface area contributed by atoms with Gasteiger partial charge in [-0.15, -0.1) is 0 Å².